The first-order valence-corrected chi connectivity index (χ1v) is 9.71. The molecule has 0 saturated heterocycles. The first-order chi connectivity index (χ1) is 10.3. The maximum atomic E-state index is 11.2. The number of aliphatic imine (C=N–C) groups is 1. The van der Waals surface area contributed by atoms with Crippen LogP contribution in [0.25, 0.3) is 0 Å². The molecule has 23 heavy (non-hydrogen) atoms. The minimum atomic E-state index is -2.95. The van der Waals surface area contributed by atoms with Gasteiger partial charge in [-0.2, -0.15) is 0 Å². The molecule has 0 aliphatic rings. The summed E-state index contributed by atoms with van der Waals surface area (Å²) in [6.45, 7) is 5.11. The second-order valence-corrected chi connectivity index (χ2v) is 7.92. The van der Waals surface area contributed by atoms with E-state index in [2.05, 4.69) is 15.6 Å². The lowest BCUT2D eigenvalue weighted by atomic mass is 10.2. The van der Waals surface area contributed by atoms with E-state index in [4.69, 9.17) is 11.6 Å². The van der Waals surface area contributed by atoms with Gasteiger partial charge in [-0.05, 0) is 31.9 Å². The van der Waals surface area contributed by atoms with Gasteiger partial charge in [-0.3, -0.25) is 0 Å². The highest BCUT2D eigenvalue weighted by molar-refractivity contribution is 14.0. The molecular weight excluding hydrogens is 449 g/mol. The summed E-state index contributed by atoms with van der Waals surface area (Å²) in [5.74, 6) is 0.814. The molecule has 1 unspecified atom stereocenters. The molecule has 5 nitrogen and oxygen atoms in total. The van der Waals surface area contributed by atoms with Gasteiger partial charge in [0.2, 0.25) is 0 Å². The number of sulfone groups is 1. The minimum Gasteiger partial charge on any atom is -0.357 e. The zero-order chi connectivity index (χ0) is 16.6. The molecular formula is C15H25ClIN3O2S. The molecule has 1 rings (SSSR count). The quantitative estimate of drug-likeness (QED) is 0.363. The maximum Gasteiger partial charge on any atom is 0.191 e. The second kappa shape index (κ2) is 11.1. The molecule has 1 aromatic rings. The van der Waals surface area contributed by atoms with Gasteiger partial charge in [0.15, 0.2) is 5.96 Å². The van der Waals surface area contributed by atoms with Crippen LogP contribution in [0.1, 0.15) is 25.8 Å². The van der Waals surface area contributed by atoms with Crippen molar-refractivity contribution in [3.8, 4) is 0 Å². The van der Waals surface area contributed by atoms with E-state index in [0.29, 0.717) is 23.9 Å². The Hall–Kier alpha value is -0.540. The summed E-state index contributed by atoms with van der Waals surface area (Å²) < 4.78 is 22.4. The molecule has 0 aliphatic carbocycles. The van der Waals surface area contributed by atoms with Crippen LogP contribution in [-0.4, -0.2) is 39.0 Å². The SMILES string of the molecule is CCNC(=NCc1ccccc1Cl)NC(C)CCS(C)(=O)=O.I. The highest BCUT2D eigenvalue weighted by atomic mass is 127. The lowest BCUT2D eigenvalue weighted by molar-refractivity contribution is 0.581. The van der Waals surface area contributed by atoms with Gasteiger partial charge in [0.25, 0.3) is 0 Å². The van der Waals surface area contributed by atoms with Crippen LogP contribution in [0.5, 0.6) is 0 Å². The van der Waals surface area contributed by atoms with Crippen molar-refractivity contribution in [3.63, 3.8) is 0 Å². The molecule has 0 fully saturated rings. The van der Waals surface area contributed by atoms with E-state index in [-0.39, 0.29) is 35.8 Å². The Balaban J connectivity index is 0.00000484. The Bertz CT molecular complexity index is 608. The van der Waals surface area contributed by atoms with Crippen molar-refractivity contribution >= 4 is 51.4 Å². The van der Waals surface area contributed by atoms with Gasteiger partial charge in [-0.1, -0.05) is 29.8 Å². The van der Waals surface area contributed by atoms with Crippen LogP contribution < -0.4 is 10.6 Å². The van der Waals surface area contributed by atoms with Gasteiger partial charge in [0.1, 0.15) is 9.84 Å². The molecule has 0 radical (unpaired) electrons. The molecule has 0 heterocycles. The van der Waals surface area contributed by atoms with E-state index in [1.807, 2.05) is 38.1 Å². The number of halogens is 2. The number of rotatable bonds is 7. The zero-order valence-electron chi connectivity index (χ0n) is 13.7. The monoisotopic (exact) mass is 473 g/mol. The number of nitrogens with zero attached hydrogens (tertiary/aromatic N) is 1. The molecule has 0 amide bonds. The molecule has 0 spiro atoms. The second-order valence-electron chi connectivity index (χ2n) is 5.25. The average Bonchev–Trinajstić information content (AvgIpc) is 2.43. The standard InChI is InChI=1S/C15H24ClN3O2S.HI/c1-4-17-15(19-12(2)9-10-22(3,20)21)18-11-13-7-5-6-8-14(13)16;/h5-8,12H,4,9-11H2,1-3H3,(H2,17,18,19);1H. The van der Waals surface area contributed by atoms with E-state index < -0.39 is 9.84 Å². The molecule has 0 aliphatic heterocycles. The molecule has 1 aromatic carbocycles. The van der Waals surface area contributed by atoms with Crippen LogP contribution in [0.3, 0.4) is 0 Å². The van der Waals surface area contributed by atoms with Crippen LogP contribution in [0, 0.1) is 0 Å². The van der Waals surface area contributed by atoms with Crippen molar-refractivity contribution in [2.75, 3.05) is 18.6 Å². The first-order valence-electron chi connectivity index (χ1n) is 7.27. The van der Waals surface area contributed by atoms with Crippen molar-refractivity contribution in [1.82, 2.24) is 10.6 Å². The van der Waals surface area contributed by atoms with Crippen LogP contribution >= 0.6 is 35.6 Å². The summed E-state index contributed by atoms with van der Waals surface area (Å²) in [5.41, 5.74) is 0.949. The predicted octanol–water partition coefficient (Wildman–Crippen LogP) is 2.84. The van der Waals surface area contributed by atoms with Crippen LogP contribution in [0.2, 0.25) is 5.02 Å². The summed E-state index contributed by atoms with van der Waals surface area (Å²) in [5, 5.41) is 7.05. The highest BCUT2D eigenvalue weighted by Crippen LogP contribution is 2.15. The lowest BCUT2D eigenvalue weighted by Crippen LogP contribution is -2.42. The average molecular weight is 474 g/mol. The zero-order valence-corrected chi connectivity index (χ0v) is 17.6. The molecule has 1 atom stereocenters. The lowest BCUT2D eigenvalue weighted by Gasteiger charge is -2.17. The fourth-order valence-electron chi connectivity index (χ4n) is 1.81. The largest absolute Gasteiger partial charge is 0.357 e. The van der Waals surface area contributed by atoms with Crippen LogP contribution in [0.4, 0.5) is 0 Å². The number of hydrogen-bond acceptors (Lipinski definition) is 3. The Labute approximate surface area is 161 Å². The fourth-order valence-corrected chi connectivity index (χ4v) is 2.78. The third-order valence-corrected chi connectivity index (χ3v) is 4.36. The normalized spacial score (nSPS) is 13.1. The summed E-state index contributed by atoms with van der Waals surface area (Å²) in [4.78, 5) is 4.49. The first kappa shape index (κ1) is 22.5. The highest BCUT2D eigenvalue weighted by Gasteiger charge is 2.09. The van der Waals surface area contributed by atoms with Crippen molar-refractivity contribution in [2.24, 2.45) is 4.99 Å². The molecule has 2 N–H and O–H groups in total. The minimum absolute atomic E-state index is 0. The van der Waals surface area contributed by atoms with Gasteiger partial charge in [0, 0.05) is 23.9 Å². The number of benzene rings is 1. The Morgan fingerprint density at radius 2 is 2.00 bits per heavy atom. The van der Waals surface area contributed by atoms with E-state index in [1.165, 1.54) is 6.26 Å². The number of hydrogen-bond donors (Lipinski definition) is 2. The Morgan fingerprint density at radius 1 is 1.35 bits per heavy atom. The molecule has 0 aromatic heterocycles. The maximum absolute atomic E-state index is 11.2. The topological polar surface area (TPSA) is 70.6 Å². The van der Waals surface area contributed by atoms with E-state index in [9.17, 15) is 8.42 Å². The van der Waals surface area contributed by atoms with E-state index in [0.717, 1.165) is 12.1 Å². The van der Waals surface area contributed by atoms with Gasteiger partial charge in [0.05, 0.1) is 12.3 Å². The summed E-state index contributed by atoms with van der Waals surface area (Å²) in [6.07, 6.45) is 1.78. The van der Waals surface area contributed by atoms with Gasteiger partial charge < -0.3 is 10.6 Å². The van der Waals surface area contributed by atoms with Gasteiger partial charge in [-0.15, -0.1) is 24.0 Å². The number of guanidine groups is 1. The molecule has 8 heteroatoms. The van der Waals surface area contributed by atoms with Crippen molar-refractivity contribution in [1.29, 1.82) is 0 Å². The summed E-state index contributed by atoms with van der Waals surface area (Å²) >= 11 is 6.11. The van der Waals surface area contributed by atoms with E-state index >= 15 is 0 Å². The fraction of sp³-hybridized carbons (Fsp3) is 0.533. The van der Waals surface area contributed by atoms with Crippen molar-refractivity contribution < 1.29 is 8.42 Å². The van der Waals surface area contributed by atoms with Crippen molar-refractivity contribution in [3.05, 3.63) is 34.9 Å². The summed E-state index contributed by atoms with van der Waals surface area (Å²) in [6, 6.07) is 7.58. The third-order valence-electron chi connectivity index (χ3n) is 3.01. The summed E-state index contributed by atoms with van der Waals surface area (Å²) in [7, 11) is -2.95. The van der Waals surface area contributed by atoms with E-state index in [1.54, 1.807) is 0 Å². The molecule has 0 saturated carbocycles. The molecule has 0 bridgehead atoms. The Kier molecular flexibility index (Phi) is 10.8. The Morgan fingerprint density at radius 3 is 2.57 bits per heavy atom. The van der Waals surface area contributed by atoms with Crippen molar-refractivity contribution in [2.45, 2.75) is 32.9 Å². The predicted molar refractivity (Wildman–Crippen MR) is 109 cm³/mol. The van der Waals surface area contributed by atoms with Gasteiger partial charge >= 0.3 is 0 Å². The van der Waals surface area contributed by atoms with Crippen LogP contribution in [0.15, 0.2) is 29.3 Å². The van der Waals surface area contributed by atoms with Gasteiger partial charge in [-0.25, -0.2) is 13.4 Å². The molecule has 132 valence electrons. The third kappa shape index (κ3) is 10.0. The van der Waals surface area contributed by atoms with Crippen LogP contribution in [-0.2, 0) is 16.4 Å². The number of nitrogens with one attached hydrogen (secondary N) is 2. The smallest absolute Gasteiger partial charge is 0.191 e.